The minimum Gasteiger partial charge on any atom is -0.336 e. The lowest BCUT2D eigenvalue weighted by Gasteiger charge is -2.31. The Morgan fingerprint density at radius 1 is 1.35 bits per heavy atom. The molecule has 1 saturated carbocycles. The molecule has 5 heteroatoms. The molecule has 0 bridgehead atoms. The summed E-state index contributed by atoms with van der Waals surface area (Å²) in [7, 11) is 0. The summed E-state index contributed by atoms with van der Waals surface area (Å²) in [4.78, 5) is 17.0. The number of hydrogen-bond donors (Lipinski definition) is 1. The zero-order chi connectivity index (χ0) is 16.4. The Labute approximate surface area is 138 Å². The summed E-state index contributed by atoms with van der Waals surface area (Å²) in [5.41, 5.74) is 1.68. The normalized spacial score (nSPS) is 26.1. The molecule has 1 aromatic heterocycles. The third-order valence-electron chi connectivity index (χ3n) is 5.65. The number of nitriles is 1. The Morgan fingerprint density at radius 3 is 2.74 bits per heavy atom. The summed E-state index contributed by atoms with van der Waals surface area (Å²) < 4.78 is 1.97. The van der Waals surface area contributed by atoms with Gasteiger partial charge in [-0.3, -0.25) is 4.79 Å². The standard InChI is InChI=1S/C18H26N4O/c1-13-8-15-16(9-14(13)2)22(12-20-15)10-17(23)21-18(11-19)6-4-3-5-7-18/h12-14H,3-10H2,1-2H3,(H,21,23). The smallest absolute Gasteiger partial charge is 0.241 e. The van der Waals surface area contributed by atoms with Gasteiger partial charge in [-0.2, -0.15) is 5.26 Å². The van der Waals surface area contributed by atoms with Gasteiger partial charge in [0.05, 0.1) is 18.1 Å². The van der Waals surface area contributed by atoms with Crippen LogP contribution in [0.5, 0.6) is 0 Å². The number of carbonyl (C=O) groups is 1. The van der Waals surface area contributed by atoms with Crippen molar-refractivity contribution in [3.63, 3.8) is 0 Å². The SMILES string of the molecule is CC1Cc2ncn(CC(=O)NC3(C#N)CCCCC3)c2CC1C. The molecule has 2 aliphatic carbocycles. The van der Waals surface area contributed by atoms with Crippen LogP contribution in [0.3, 0.4) is 0 Å². The van der Waals surface area contributed by atoms with Gasteiger partial charge in [-0.25, -0.2) is 4.98 Å². The molecule has 1 aromatic rings. The van der Waals surface area contributed by atoms with Crippen molar-refractivity contribution in [2.75, 3.05) is 0 Å². The number of nitrogens with one attached hydrogen (secondary N) is 1. The Balaban J connectivity index is 1.68. The molecule has 1 amide bonds. The van der Waals surface area contributed by atoms with Crippen LogP contribution in [0, 0.1) is 23.2 Å². The van der Waals surface area contributed by atoms with Crippen molar-refractivity contribution in [2.45, 2.75) is 70.9 Å². The van der Waals surface area contributed by atoms with Crippen LogP contribution in [0.2, 0.25) is 0 Å². The fourth-order valence-electron chi connectivity index (χ4n) is 3.88. The lowest BCUT2D eigenvalue weighted by molar-refractivity contribution is -0.123. The van der Waals surface area contributed by atoms with E-state index in [1.807, 2.05) is 4.57 Å². The van der Waals surface area contributed by atoms with Crippen molar-refractivity contribution in [2.24, 2.45) is 11.8 Å². The maximum atomic E-state index is 12.5. The predicted molar refractivity (Wildman–Crippen MR) is 87.5 cm³/mol. The number of hydrogen-bond acceptors (Lipinski definition) is 3. The van der Waals surface area contributed by atoms with E-state index in [4.69, 9.17) is 0 Å². The minimum atomic E-state index is -0.655. The van der Waals surface area contributed by atoms with Gasteiger partial charge in [0.25, 0.3) is 0 Å². The summed E-state index contributed by atoms with van der Waals surface area (Å²) >= 11 is 0. The first-order valence-electron chi connectivity index (χ1n) is 8.78. The molecule has 0 spiro atoms. The van der Waals surface area contributed by atoms with E-state index < -0.39 is 5.54 Å². The van der Waals surface area contributed by atoms with Gasteiger partial charge in [-0.15, -0.1) is 0 Å². The third kappa shape index (κ3) is 3.26. The molecule has 0 aliphatic heterocycles. The van der Waals surface area contributed by atoms with Gasteiger partial charge in [0.1, 0.15) is 12.1 Å². The van der Waals surface area contributed by atoms with E-state index >= 15 is 0 Å². The van der Waals surface area contributed by atoms with E-state index in [0.717, 1.165) is 50.6 Å². The van der Waals surface area contributed by atoms with Crippen molar-refractivity contribution in [3.8, 4) is 6.07 Å². The van der Waals surface area contributed by atoms with Crippen LogP contribution < -0.4 is 5.32 Å². The number of imidazole rings is 1. The van der Waals surface area contributed by atoms with Crippen molar-refractivity contribution >= 4 is 5.91 Å². The first-order chi connectivity index (χ1) is 11.0. The molecule has 1 fully saturated rings. The average Bonchev–Trinajstić information content (AvgIpc) is 2.90. The molecule has 0 aromatic carbocycles. The Morgan fingerprint density at radius 2 is 2.04 bits per heavy atom. The van der Waals surface area contributed by atoms with Gasteiger partial charge < -0.3 is 9.88 Å². The molecule has 2 atom stereocenters. The zero-order valence-electron chi connectivity index (χ0n) is 14.1. The first-order valence-corrected chi connectivity index (χ1v) is 8.78. The van der Waals surface area contributed by atoms with Crippen LogP contribution in [-0.2, 0) is 24.2 Å². The first kappa shape index (κ1) is 16.0. The lowest BCUT2D eigenvalue weighted by Crippen LogP contribution is -2.49. The summed E-state index contributed by atoms with van der Waals surface area (Å²) in [6, 6.07) is 2.35. The Kier molecular flexibility index (Phi) is 4.43. The van der Waals surface area contributed by atoms with Crippen molar-refractivity contribution in [1.82, 2.24) is 14.9 Å². The van der Waals surface area contributed by atoms with E-state index in [-0.39, 0.29) is 12.5 Å². The highest BCUT2D eigenvalue weighted by Gasteiger charge is 2.34. The van der Waals surface area contributed by atoms with Gasteiger partial charge in [0, 0.05) is 5.69 Å². The van der Waals surface area contributed by atoms with Crippen LogP contribution in [0.1, 0.15) is 57.3 Å². The topological polar surface area (TPSA) is 70.7 Å². The van der Waals surface area contributed by atoms with E-state index in [1.165, 1.54) is 5.69 Å². The van der Waals surface area contributed by atoms with Crippen molar-refractivity contribution < 1.29 is 4.79 Å². The summed E-state index contributed by atoms with van der Waals surface area (Å²) in [6.45, 7) is 4.80. The molecule has 2 unspecified atom stereocenters. The second-order valence-corrected chi connectivity index (χ2v) is 7.43. The van der Waals surface area contributed by atoms with E-state index in [0.29, 0.717) is 11.8 Å². The maximum Gasteiger partial charge on any atom is 0.241 e. The number of aromatic nitrogens is 2. The van der Waals surface area contributed by atoms with E-state index in [2.05, 4.69) is 30.2 Å². The molecule has 3 rings (SSSR count). The summed E-state index contributed by atoms with van der Waals surface area (Å²) in [5, 5.41) is 12.5. The highest BCUT2D eigenvalue weighted by atomic mass is 16.2. The molecule has 1 N–H and O–H groups in total. The molecule has 124 valence electrons. The molecule has 2 aliphatic rings. The summed E-state index contributed by atoms with van der Waals surface area (Å²) in [5.74, 6) is 1.19. The summed E-state index contributed by atoms with van der Waals surface area (Å²) in [6.07, 6.45) is 8.49. The van der Waals surface area contributed by atoms with Gasteiger partial charge in [-0.05, 0) is 37.5 Å². The largest absolute Gasteiger partial charge is 0.336 e. The highest BCUT2D eigenvalue weighted by molar-refractivity contribution is 5.77. The number of carbonyl (C=O) groups excluding carboxylic acids is 1. The van der Waals surface area contributed by atoms with Crippen LogP contribution >= 0.6 is 0 Å². The van der Waals surface area contributed by atoms with Crippen molar-refractivity contribution in [1.29, 1.82) is 5.26 Å². The zero-order valence-corrected chi connectivity index (χ0v) is 14.1. The fraction of sp³-hybridized carbons (Fsp3) is 0.722. The molecule has 23 heavy (non-hydrogen) atoms. The maximum absolute atomic E-state index is 12.5. The van der Waals surface area contributed by atoms with E-state index in [9.17, 15) is 10.1 Å². The molecular weight excluding hydrogens is 288 g/mol. The molecule has 0 radical (unpaired) electrons. The van der Waals surface area contributed by atoms with Crippen LogP contribution in [-0.4, -0.2) is 21.0 Å². The highest BCUT2D eigenvalue weighted by Crippen LogP contribution is 2.30. The van der Waals surface area contributed by atoms with Gasteiger partial charge in [0.15, 0.2) is 0 Å². The van der Waals surface area contributed by atoms with Crippen LogP contribution in [0.25, 0.3) is 0 Å². The predicted octanol–water partition coefficient (Wildman–Crippen LogP) is 2.60. The van der Waals surface area contributed by atoms with Gasteiger partial charge in [-0.1, -0.05) is 33.1 Å². The molecule has 5 nitrogen and oxygen atoms in total. The Hall–Kier alpha value is -1.83. The monoisotopic (exact) mass is 314 g/mol. The number of nitrogens with zero attached hydrogens (tertiary/aromatic N) is 3. The third-order valence-corrected chi connectivity index (χ3v) is 5.65. The van der Waals surface area contributed by atoms with E-state index in [1.54, 1.807) is 6.33 Å². The van der Waals surface area contributed by atoms with Gasteiger partial charge >= 0.3 is 0 Å². The van der Waals surface area contributed by atoms with Gasteiger partial charge in [0.2, 0.25) is 5.91 Å². The van der Waals surface area contributed by atoms with Crippen molar-refractivity contribution in [3.05, 3.63) is 17.7 Å². The molecule has 1 heterocycles. The van der Waals surface area contributed by atoms with Crippen LogP contribution in [0.15, 0.2) is 6.33 Å². The fourth-order valence-corrected chi connectivity index (χ4v) is 3.88. The minimum absolute atomic E-state index is 0.0695. The number of amides is 1. The lowest BCUT2D eigenvalue weighted by atomic mass is 9.82. The molecule has 0 saturated heterocycles. The number of rotatable bonds is 3. The average molecular weight is 314 g/mol. The second-order valence-electron chi connectivity index (χ2n) is 7.43. The second kappa shape index (κ2) is 6.35. The quantitative estimate of drug-likeness (QED) is 0.932. The molecular formula is C18H26N4O. The van der Waals surface area contributed by atoms with Crippen LogP contribution in [0.4, 0.5) is 0 Å². The number of fused-ring (bicyclic) bond motifs is 1. The Bertz CT molecular complexity index is 621.